The fourth-order valence-electron chi connectivity index (χ4n) is 3.75. The van der Waals surface area contributed by atoms with Crippen LogP contribution in [0.15, 0.2) is 65.8 Å². The van der Waals surface area contributed by atoms with E-state index < -0.39 is 39.3 Å². The summed E-state index contributed by atoms with van der Waals surface area (Å²) >= 11 is 0. The molecule has 0 bridgehead atoms. The van der Waals surface area contributed by atoms with Gasteiger partial charge < -0.3 is 24.9 Å². The van der Waals surface area contributed by atoms with Crippen LogP contribution in [0.5, 0.6) is 0 Å². The van der Waals surface area contributed by atoms with Gasteiger partial charge in [0.15, 0.2) is 0 Å². The fourth-order valence-corrected chi connectivity index (χ4v) is 8.33. The third-order valence-electron chi connectivity index (χ3n) is 5.36. The van der Waals surface area contributed by atoms with Crippen molar-refractivity contribution >= 4 is 18.7 Å². The summed E-state index contributed by atoms with van der Waals surface area (Å²) in [6.45, 7) is 5.58. The molecule has 0 aromatic heterocycles. The number of hydrogen-bond donors (Lipinski definition) is 4. The first kappa shape index (κ1) is 25.0. The van der Waals surface area contributed by atoms with Crippen LogP contribution >= 0.6 is 0 Å². The highest BCUT2D eigenvalue weighted by Crippen LogP contribution is 2.36. The Labute approximate surface area is 183 Å². The Morgan fingerprint density at radius 3 is 1.74 bits per heavy atom. The summed E-state index contributed by atoms with van der Waals surface area (Å²) < 4.78 is 6.51. The first-order valence-electron chi connectivity index (χ1n) is 10.1. The molecule has 2 aromatic carbocycles. The van der Waals surface area contributed by atoms with E-state index in [0.717, 1.165) is 10.4 Å². The highest BCUT2D eigenvalue weighted by molar-refractivity contribution is 6.99. The van der Waals surface area contributed by atoms with E-state index in [4.69, 9.17) is 9.96 Å². The fraction of sp³-hybridized carbons (Fsp3) is 0.455. The predicted octanol–water partition coefficient (Wildman–Crippen LogP) is 1.32. The summed E-state index contributed by atoms with van der Waals surface area (Å²) in [5.74, 6) is 0. The molecule has 0 amide bonds. The van der Waals surface area contributed by atoms with Crippen LogP contribution < -0.4 is 10.4 Å². The lowest BCUT2D eigenvalue weighted by molar-refractivity contribution is -0.111. The standard InChI is InChI=1S/C22H31N3O5Si/c1-22(2,3)31(16-10-6-4-7-11-16,17-12-8-5-9-13-17)30-15-19(27)21(29)20(28)18(26)14-24-25-23/h4-13,18-21,26-29H,14-15H2,1-3H3/t18-,19+,20+,21+/m0/s1. The maximum absolute atomic E-state index is 10.6. The minimum absolute atomic E-state index is 0.250. The van der Waals surface area contributed by atoms with Gasteiger partial charge in [-0.1, -0.05) is 86.5 Å². The third-order valence-corrected chi connectivity index (χ3v) is 10.4. The van der Waals surface area contributed by atoms with Crippen LogP contribution in [0, 0.1) is 0 Å². The van der Waals surface area contributed by atoms with Crippen molar-refractivity contribution in [3.8, 4) is 0 Å². The second kappa shape index (κ2) is 10.9. The van der Waals surface area contributed by atoms with Gasteiger partial charge >= 0.3 is 0 Å². The van der Waals surface area contributed by atoms with Crippen molar-refractivity contribution in [3.05, 3.63) is 71.1 Å². The van der Waals surface area contributed by atoms with E-state index in [-0.39, 0.29) is 11.6 Å². The minimum Gasteiger partial charge on any atom is -0.405 e. The van der Waals surface area contributed by atoms with Gasteiger partial charge in [-0.15, -0.1) is 0 Å². The molecular formula is C22H31N3O5Si. The van der Waals surface area contributed by atoms with E-state index >= 15 is 0 Å². The number of rotatable bonds is 10. The molecule has 8 nitrogen and oxygen atoms in total. The number of aliphatic hydroxyl groups excluding tert-OH is 4. The van der Waals surface area contributed by atoms with Crippen LogP contribution in [-0.4, -0.2) is 66.3 Å². The molecular weight excluding hydrogens is 414 g/mol. The number of nitrogens with zero attached hydrogens (tertiary/aromatic N) is 3. The van der Waals surface area contributed by atoms with Gasteiger partial charge in [-0.05, 0) is 20.9 Å². The predicted molar refractivity (Wildman–Crippen MR) is 122 cm³/mol. The van der Waals surface area contributed by atoms with Crippen molar-refractivity contribution in [2.45, 2.75) is 50.2 Å². The second-order valence-corrected chi connectivity index (χ2v) is 12.8. The number of hydrogen-bond acceptors (Lipinski definition) is 6. The summed E-state index contributed by atoms with van der Waals surface area (Å²) in [5, 5.41) is 45.8. The molecule has 0 spiro atoms. The smallest absolute Gasteiger partial charge is 0.261 e. The Morgan fingerprint density at radius 1 is 0.871 bits per heavy atom. The molecule has 0 aliphatic heterocycles. The molecule has 0 saturated carbocycles. The molecule has 0 heterocycles. The summed E-state index contributed by atoms with van der Waals surface area (Å²) in [6.07, 6.45) is -6.34. The molecule has 4 atom stereocenters. The summed E-state index contributed by atoms with van der Waals surface area (Å²) in [7, 11) is -2.92. The molecule has 0 fully saturated rings. The first-order chi connectivity index (χ1) is 14.6. The van der Waals surface area contributed by atoms with Gasteiger partial charge in [-0.25, -0.2) is 0 Å². The Morgan fingerprint density at radius 2 is 1.32 bits per heavy atom. The van der Waals surface area contributed by atoms with Crippen molar-refractivity contribution in [3.63, 3.8) is 0 Å². The van der Waals surface area contributed by atoms with Crippen LogP contribution in [-0.2, 0) is 4.43 Å². The molecule has 0 aliphatic rings. The van der Waals surface area contributed by atoms with Crippen molar-refractivity contribution in [1.29, 1.82) is 0 Å². The van der Waals surface area contributed by atoms with Crippen LogP contribution in [0.1, 0.15) is 20.8 Å². The molecule has 0 radical (unpaired) electrons. The highest BCUT2D eigenvalue weighted by Gasteiger charge is 2.50. The zero-order valence-corrected chi connectivity index (χ0v) is 19.0. The van der Waals surface area contributed by atoms with Crippen LogP contribution in [0.3, 0.4) is 0 Å². The molecule has 9 heteroatoms. The van der Waals surface area contributed by atoms with Gasteiger partial charge in [-0.3, -0.25) is 0 Å². The van der Waals surface area contributed by atoms with Crippen LogP contribution in [0.25, 0.3) is 10.4 Å². The lowest BCUT2D eigenvalue weighted by Gasteiger charge is -2.43. The van der Waals surface area contributed by atoms with Gasteiger partial charge in [0.2, 0.25) is 0 Å². The highest BCUT2D eigenvalue weighted by atomic mass is 28.4. The van der Waals surface area contributed by atoms with Crippen LogP contribution in [0.2, 0.25) is 5.04 Å². The Bertz CT molecular complexity index is 817. The first-order valence-corrected chi connectivity index (χ1v) is 12.0. The lowest BCUT2D eigenvalue weighted by Crippen LogP contribution is -2.67. The van der Waals surface area contributed by atoms with E-state index in [0.29, 0.717) is 0 Å². The molecule has 0 saturated heterocycles. The lowest BCUT2D eigenvalue weighted by atomic mass is 10.0. The van der Waals surface area contributed by atoms with E-state index in [9.17, 15) is 20.4 Å². The zero-order valence-electron chi connectivity index (χ0n) is 18.0. The van der Waals surface area contributed by atoms with E-state index in [1.165, 1.54) is 0 Å². The van der Waals surface area contributed by atoms with E-state index in [2.05, 4.69) is 30.8 Å². The van der Waals surface area contributed by atoms with Gasteiger partial charge in [0.25, 0.3) is 8.32 Å². The van der Waals surface area contributed by atoms with Crippen molar-refractivity contribution in [2.24, 2.45) is 5.11 Å². The van der Waals surface area contributed by atoms with Crippen molar-refractivity contribution in [2.75, 3.05) is 13.2 Å². The molecule has 4 N–H and O–H groups in total. The van der Waals surface area contributed by atoms with Crippen molar-refractivity contribution < 1.29 is 24.9 Å². The summed E-state index contributed by atoms with van der Waals surface area (Å²) in [5.41, 5.74) is 8.35. The molecule has 2 rings (SSSR count). The Kier molecular flexibility index (Phi) is 8.78. The third kappa shape index (κ3) is 5.72. The average Bonchev–Trinajstić information content (AvgIpc) is 2.77. The maximum atomic E-state index is 10.6. The quantitative estimate of drug-likeness (QED) is 0.189. The molecule has 0 unspecified atom stereocenters. The second-order valence-electron chi connectivity index (χ2n) is 8.50. The molecule has 0 aliphatic carbocycles. The Hall–Kier alpha value is -2.23. The van der Waals surface area contributed by atoms with Crippen molar-refractivity contribution in [1.82, 2.24) is 0 Å². The van der Waals surface area contributed by atoms with E-state index in [1.54, 1.807) is 0 Å². The maximum Gasteiger partial charge on any atom is 0.261 e. The largest absolute Gasteiger partial charge is 0.405 e. The van der Waals surface area contributed by atoms with Gasteiger partial charge in [-0.2, -0.15) is 0 Å². The topological polar surface area (TPSA) is 139 Å². The normalized spacial score (nSPS) is 16.1. The molecule has 31 heavy (non-hydrogen) atoms. The molecule has 168 valence electrons. The monoisotopic (exact) mass is 445 g/mol. The molecule has 2 aromatic rings. The van der Waals surface area contributed by atoms with Gasteiger partial charge in [0.1, 0.15) is 18.3 Å². The van der Waals surface area contributed by atoms with Gasteiger partial charge in [0.05, 0.1) is 19.3 Å². The number of azide groups is 1. The van der Waals surface area contributed by atoms with Gasteiger partial charge in [0, 0.05) is 4.91 Å². The SMILES string of the molecule is CC(C)(C)[Si](OC[C@@H](O)[C@@H](O)[C@H](O)[C@@H](O)CN=[N+]=[N-])(c1ccccc1)c1ccccc1. The zero-order chi connectivity index (χ0) is 23.1. The number of aliphatic hydroxyl groups is 4. The van der Waals surface area contributed by atoms with Crippen LogP contribution in [0.4, 0.5) is 0 Å². The summed E-state index contributed by atoms with van der Waals surface area (Å²) in [4.78, 5) is 2.52. The van der Waals surface area contributed by atoms with E-state index in [1.807, 2.05) is 60.7 Å². The average molecular weight is 446 g/mol. The number of benzene rings is 2. The Balaban J connectivity index is 2.35. The summed E-state index contributed by atoms with van der Waals surface area (Å²) in [6, 6.07) is 19.6. The minimum atomic E-state index is -2.92.